The smallest absolute Gasteiger partial charge is 0.276 e. The van der Waals surface area contributed by atoms with Crippen molar-refractivity contribution in [1.29, 1.82) is 0 Å². The molecular weight excluding hydrogens is 430 g/mol. The quantitative estimate of drug-likeness (QED) is 0.501. The lowest BCUT2D eigenvalue weighted by Gasteiger charge is -2.12. The average Bonchev–Trinajstić information content (AvgIpc) is 2.59. The topological polar surface area (TPSA) is 79.5 Å². The SMILES string of the molecule is O=C(COc1ccccc1Cl)NNC(=S)NC(=O)c1ccccc1Br. The fourth-order valence-corrected chi connectivity index (χ4v) is 2.51. The summed E-state index contributed by atoms with van der Waals surface area (Å²) in [6, 6.07) is 13.7. The number of hydrogen-bond donors (Lipinski definition) is 3. The molecule has 3 N–H and O–H groups in total. The van der Waals surface area contributed by atoms with E-state index in [1.165, 1.54) is 0 Å². The van der Waals surface area contributed by atoms with E-state index in [1.54, 1.807) is 48.5 Å². The van der Waals surface area contributed by atoms with E-state index >= 15 is 0 Å². The van der Waals surface area contributed by atoms with Crippen LogP contribution >= 0.6 is 39.7 Å². The summed E-state index contributed by atoms with van der Waals surface area (Å²) in [4.78, 5) is 23.8. The number of amides is 2. The summed E-state index contributed by atoms with van der Waals surface area (Å²) >= 11 is 14.2. The second-order valence-corrected chi connectivity index (χ2v) is 6.33. The Morgan fingerprint density at radius 3 is 2.48 bits per heavy atom. The Morgan fingerprint density at radius 2 is 1.76 bits per heavy atom. The number of halogens is 2. The van der Waals surface area contributed by atoms with E-state index in [0.29, 0.717) is 20.8 Å². The first kappa shape index (κ1) is 19.2. The number of carbonyl (C=O) groups is 2. The maximum Gasteiger partial charge on any atom is 0.276 e. The molecular formula is C16H13BrClN3O3S. The monoisotopic (exact) mass is 441 g/mol. The third-order valence-corrected chi connectivity index (χ3v) is 4.06. The van der Waals surface area contributed by atoms with E-state index in [-0.39, 0.29) is 11.7 Å². The predicted octanol–water partition coefficient (Wildman–Crippen LogP) is 2.82. The number of hydrazine groups is 1. The van der Waals surface area contributed by atoms with Gasteiger partial charge in [-0.1, -0.05) is 35.9 Å². The van der Waals surface area contributed by atoms with Crippen LogP contribution in [0.3, 0.4) is 0 Å². The maximum absolute atomic E-state index is 12.0. The molecule has 0 aliphatic rings. The van der Waals surface area contributed by atoms with Crippen LogP contribution in [0.1, 0.15) is 10.4 Å². The second kappa shape index (κ2) is 9.36. The van der Waals surface area contributed by atoms with E-state index in [9.17, 15) is 9.59 Å². The van der Waals surface area contributed by atoms with Gasteiger partial charge < -0.3 is 4.74 Å². The molecule has 0 aliphatic heterocycles. The highest BCUT2D eigenvalue weighted by Crippen LogP contribution is 2.22. The molecule has 0 unspecified atom stereocenters. The normalized spacial score (nSPS) is 9.84. The Kier molecular flexibility index (Phi) is 7.17. The predicted molar refractivity (Wildman–Crippen MR) is 102 cm³/mol. The molecule has 0 radical (unpaired) electrons. The van der Waals surface area contributed by atoms with Crippen LogP contribution in [-0.2, 0) is 4.79 Å². The summed E-state index contributed by atoms with van der Waals surface area (Å²) in [6.45, 7) is -0.266. The van der Waals surface area contributed by atoms with Crippen molar-refractivity contribution in [2.75, 3.05) is 6.61 Å². The molecule has 0 spiro atoms. The molecule has 9 heteroatoms. The molecule has 2 amide bonds. The van der Waals surface area contributed by atoms with Gasteiger partial charge >= 0.3 is 0 Å². The van der Waals surface area contributed by atoms with Crippen molar-refractivity contribution in [3.05, 3.63) is 63.6 Å². The van der Waals surface area contributed by atoms with Crippen LogP contribution in [0.25, 0.3) is 0 Å². The standard InChI is InChI=1S/C16H13BrClN3O3S/c17-11-6-2-1-5-10(11)15(23)19-16(25)21-20-14(22)9-24-13-8-4-3-7-12(13)18/h1-8H,9H2,(H,20,22)(H2,19,21,23,25). The van der Waals surface area contributed by atoms with Crippen LogP contribution in [0.5, 0.6) is 5.75 Å². The Morgan fingerprint density at radius 1 is 1.08 bits per heavy atom. The van der Waals surface area contributed by atoms with Gasteiger partial charge in [0.1, 0.15) is 5.75 Å². The first-order valence-electron chi connectivity index (χ1n) is 6.99. The molecule has 130 valence electrons. The highest BCUT2D eigenvalue weighted by Gasteiger charge is 2.11. The molecule has 0 heterocycles. The van der Waals surface area contributed by atoms with Crippen molar-refractivity contribution in [3.8, 4) is 5.75 Å². The van der Waals surface area contributed by atoms with E-state index in [4.69, 9.17) is 28.6 Å². The molecule has 6 nitrogen and oxygen atoms in total. The third-order valence-electron chi connectivity index (χ3n) is 2.86. The van der Waals surface area contributed by atoms with Gasteiger partial charge in [-0.2, -0.15) is 0 Å². The van der Waals surface area contributed by atoms with Gasteiger partial charge in [-0.15, -0.1) is 0 Å². The molecule has 0 saturated carbocycles. The molecule has 0 atom stereocenters. The van der Waals surface area contributed by atoms with Crippen molar-refractivity contribution < 1.29 is 14.3 Å². The zero-order valence-electron chi connectivity index (χ0n) is 12.7. The molecule has 0 bridgehead atoms. The average molecular weight is 443 g/mol. The third kappa shape index (κ3) is 6.00. The largest absolute Gasteiger partial charge is 0.482 e. The number of benzene rings is 2. The Bertz CT molecular complexity index is 804. The number of para-hydroxylation sites is 1. The Balaban J connectivity index is 1.76. The maximum atomic E-state index is 12.0. The van der Waals surface area contributed by atoms with Crippen LogP contribution in [0.2, 0.25) is 5.02 Å². The summed E-state index contributed by atoms with van der Waals surface area (Å²) in [5, 5.41) is 2.80. The van der Waals surface area contributed by atoms with Gasteiger partial charge in [0.05, 0.1) is 10.6 Å². The first-order chi connectivity index (χ1) is 12.0. The number of ether oxygens (including phenoxy) is 1. The van der Waals surface area contributed by atoms with Gasteiger partial charge in [0.2, 0.25) is 0 Å². The lowest BCUT2D eigenvalue weighted by Crippen LogP contribution is -2.49. The minimum absolute atomic E-state index is 0.0492. The summed E-state index contributed by atoms with van der Waals surface area (Å²) in [5.74, 6) is -0.506. The number of carbonyl (C=O) groups excluding carboxylic acids is 2. The lowest BCUT2D eigenvalue weighted by molar-refractivity contribution is -0.123. The summed E-state index contributed by atoms with van der Waals surface area (Å²) < 4.78 is 5.91. The number of thiocarbonyl (C=S) groups is 1. The van der Waals surface area contributed by atoms with Gasteiger partial charge in [0.15, 0.2) is 11.7 Å². The van der Waals surface area contributed by atoms with Crippen molar-refractivity contribution in [1.82, 2.24) is 16.2 Å². The van der Waals surface area contributed by atoms with Gasteiger partial charge in [-0.05, 0) is 52.4 Å². The highest BCUT2D eigenvalue weighted by molar-refractivity contribution is 9.10. The van der Waals surface area contributed by atoms with Crippen LogP contribution < -0.4 is 20.9 Å². The second-order valence-electron chi connectivity index (χ2n) is 4.66. The van der Waals surface area contributed by atoms with Crippen LogP contribution in [-0.4, -0.2) is 23.5 Å². The van der Waals surface area contributed by atoms with E-state index in [2.05, 4.69) is 32.1 Å². The highest BCUT2D eigenvalue weighted by atomic mass is 79.9. The van der Waals surface area contributed by atoms with Crippen molar-refractivity contribution in [2.45, 2.75) is 0 Å². The fraction of sp³-hybridized carbons (Fsp3) is 0.0625. The molecule has 2 aromatic rings. The first-order valence-corrected chi connectivity index (χ1v) is 8.57. The number of rotatable bonds is 4. The summed E-state index contributed by atoms with van der Waals surface area (Å²) in [6.07, 6.45) is 0. The van der Waals surface area contributed by atoms with Gasteiger partial charge in [0, 0.05) is 4.47 Å². The van der Waals surface area contributed by atoms with Gasteiger partial charge in [-0.25, -0.2) is 0 Å². The Hall–Kier alpha value is -2.16. The van der Waals surface area contributed by atoms with Crippen LogP contribution in [0.4, 0.5) is 0 Å². The molecule has 0 saturated heterocycles. The molecule has 0 fully saturated rings. The zero-order chi connectivity index (χ0) is 18.2. The summed E-state index contributed by atoms with van der Waals surface area (Å²) in [5.41, 5.74) is 5.16. The lowest BCUT2D eigenvalue weighted by atomic mass is 10.2. The van der Waals surface area contributed by atoms with E-state index in [1.807, 2.05) is 0 Å². The van der Waals surface area contributed by atoms with Crippen LogP contribution in [0.15, 0.2) is 53.0 Å². The van der Waals surface area contributed by atoms with E-state index < -0.39 is 11.8 Å². The van der Waals surface area contributed by atoms with Crippen molar-refractivity contribution in [2.24, 2.45) is 0 Å². The molecule has 2 rings (SSSR count). The summed E-state index contributed by atoms with van der Waals surface area (Å²) in [7, 11) is 0. The van der Waals surface area contributed by atoms with Gasteiger partial charge in [-0.3, -0.25) is 25.8 Å². The van der Waals surface area contributed by atoms with Gasteiger partial charge in [0.25, 0.3) is 11.8 Å². The molecule has 0 aromatic heterocycles. The fourth-order valence-electron chi connectivity index (χ4n) is 1.71. The van der Waals surface area contributed by atoms with E-state index in [0.717, 1.165) is 0 Å². The molecule has 0 aliphatic carbocycles. The number of hydrogen-bond acceptors (Lipinski definition) is 4. The molecule has 25 heavy (non-hydrogen) atoms. The zero-order valence-corrected chi connectivity index (χ0v) is 15.9. The minimum atomic E-state index is -0.489. The molecule has 2 aromatic carbocycles. The Labute approximate surface area is 163 Å². The van der Waals surface area contributed by atoms with Crippen molar-refractivity contribution >= 4 is 56.7 Å². The number of nitrogens with one attached hydrogen (secondary N) is 3. The van der Waals surface area contributed by atoms with Crippen molar-refractivity contribution in [3.63, 3.8) is 0 Å². The minimum Gasteiger partial charge on any atom is -0.482 e. The van der Waals surface area contributed by atoms with Crippen LogP contribution in [0, 0.1) is 0 Å².